The molecule has 0 aromatic heterocycles. The molecule has 0 aliphatic heterocycles. The number of nitrogens with zero attached hydrogens (tertiary/aromatic N) is 1. The third-order valence-corrected chi connectivity index (χ3v) is 1.85. The van der Waals surface area contributed by atoms with Crippen LogP contribution in [-0.2, 0) is 0 Å². The molecular formula is C12H13NO2. The monoisotopic (exact) mass is 203 g/mol. The Morgan fingerprint density at radius 2 is 2.27 bits per heavy atom. The summed E-state index contributed by atoms with van der Waals surface area (Å²) in [5.74, 6) is 1.35. The van der Waals surface area contributed by atoms with Crippen LogP contribution in [0.2, 0.25) is 0 Å². The standard InChI is InChI=1S/C12H13NO2/c1-3-15-11-8-4-6-10(7-5-9-13)12(11)14-2/h4-8H,3H2,1-2H3. The van der Waals surface area contributed by atoms with Gasteiger partial charge in [0.1, 0.15) is 0 Å². The van der Waals surface area contributed by atoms with Gasteiger partial charge in [-0.15, -0.1) is 0 Å². The molecule has 1 aromatic rings. The lowest BCUT2D eigenvalue weighted by molar-refractivity contribution is 0.310. The summed E-state index contributed by atoms with van der Waals surface area (Å²) in [5.41, 5.74) is 0.838. The van der Waals surface area contributed by atoms with E-state index < -0.39 is 0 Å². The predicted molar refractivity (Wildman–Crippen MR) is 58.8 cm³/mol. The van der Waals surface area contributed by atoms with Crippen molar-refractivity contribution in [1.82, 2.24) is 0 Å². The van der Waals surface area contributed by atoms with Crippen molar-refractivity contribution in [3.63, 3.8) is 0 Å². The molecule has 15 heavy (non-hydrogen) atoms. The Morgan fingerprint density at radius 1 is 1.47 bits per heavy atom. The van der Waals surface area contributed by atoms with Crippen molar-refractivity contribution in [3.05, 3.63) is 29.8 Å². The average Bonchev–Trinajstić information content (AvgIpc) is 2.27. The number of hydrogen-bond acceptors (Lipinski definition) is 3. The highest BCUT2D eigenvalue weighted by molar-refractivity contribution is 5.63. The Kier molecular flexibility index (Phi) is 4.24. The number of para-hydroxylation sites is 1. The zero-order valence-electron chi connectivity index (χ0n) is 8.86. The first-order chi connectivity index (χ1) is 7.33. The third kappa shape index (κ3) is 2.75. The van der Waals surface area contributed by atoms with Crippen LogP contribution in [0.25, 0.3) is 6.08 Å². The Balaban J connectivity index is 3.11. The van der Waals surface area contributed by atoms with Crippen LogP contribution in [-0.4, -0.2) is 13.7 Å². The molecule has 0 amide bonds. The number of rotatable bonds is 4. The van der Waals surface area contributed by atoms with E-state index in [4.69, 9.17) is 14.7 Å². The molecule has 0 spiro atoms. The van der Waals surface area contributed by atoms with E-state index in [0.29, 0.717) is 18.1 Å². The molecule has 0 unspecified atom stereocenters. The van der Waals surface area contributed by atoms with Gasteiger partial charge in [0.25, 0.3) is 0 Å². The second-order valence-corrected chi connectivity index (χ2v) is 2.77. The molecule has 0 atom stereocenters. The van der Waals surface area contributed by atoms with Crippen LogP contribution >= 0.6 is 0 Å². The molecule has 0 saturated heterocycles. The van der Waals surface area contributed by atoms with E-state index in [-0.39, 0.29) is 0 Å². The zero-order valence-corrected chi connectivity index (χ0v) is 8.86. The number of benzene rings is 1. The second kappa shape index (κ2) is 5.71. The maximum Gasteiger partial charge on any atom is 0.167 e. The Hall–Kier alpha value is -1.95. The summed E-state index contributed by atoms with van der Waals surface area (Å²) in [5, 5.41) is 8.45. The lowest BCUT2D eigenvalue weighted by Gasteiger charge is -2.11. The number of allylic oxidation sites excluding steroid dienone is 1. The number of methoxy groups -OCH3 is 1. The van der Waals surface area contributed by atoms with Crippen molar-refractivity contribution in [2.45, 2.75) is 6.92 Å². The lowest BCUT2D eigenvalue weighted by atomic mass is 10.1. The van der Waals surface area contributed by atoms with Gasteiger partial charge in [-0.3, -0.25) is 0 Å². The van der Waals surface area contributed by atoms with Gasteiger partial charge in [0, 0.05) is 11.6 Å². The maximum atomic E-state index is 8.45. The van der Waals surface area contributed by atoms with Crippen LogP contribution in [0, 0.1) is 11.3 Å². The predicted octanol–water partition coefficient (Wildman–Crippen LogP) is 2.63. The number of nitriles is 1. The first-order valence-electron chi connectivity index (χ1n) is 4.69. The second-order valence-electron chi connectivity index (χ2n) is 2.77. The first kappa shape index (κ1) is 11.1. The molecule has 1 rings (SSSR count). The quantitative estimate of drug-likeness (QED) is 0.706. The topological polar surface area (TPSA) is 42.2 Å². The van der Waals surface area contributed by atoms with Crippen molar-refractivity contribution in [2.75, 3.05) is 13.7 Å². The van der Waals surface area contributed by atoms with Crippen molar-refractivity contribution >= 4 is 6.08 Å². The van der Waals surface area contributed by atoms with E-state index in [1.54, 1.807) is 13.2 Å². The van der Waals surface area contributed by atoms with Gasteiger partial charge in [0.05, 0.1) is 19.8 Å². The summed E-state index contributed by atoms with van der Waals surface area (Å²) in [6, 6.07) is 7.52. The molecule has 0 heterocycles. The van der Waals surface area contributed by atoms with Crippen LogP contribution in [0.4, 0.5) is 0 Å². The van der Waals surface area contributed by atoms with Crippen molar-refractivity contribution in [2.24, 2.45) is 0 Å². The fraction of sp³-hybridized carbons (Fsp3) is 0.250. The van der Waals surface area contributed by atoms with E-state index in [0.717, 1.165) is 5.56 Å². The molecule has 0 N–H and O–H groups in total. The Bertz CT molecular complexity index is 391. The molecule has 0 saturated carbocycles. The molecule has 0 aliphatic carbocycles. The number of hydrogen-bond donors (Lipinski definition) is 0. The van der Waals surface area contributed by atoms with E-state index in [2.05, 4.69) is 0 Å². The van der Waals surface area contributed by atoms with Gasteiger partial charge in [-0.25, -0.2) is 0 Å². The molecule has 3 nitrogen and oxygen atoms in total. The van der Waals surface area contributed by atoms with Gasteiger partial charge in [0.2, 0.25) is 0 Å². The van der Waals surface area contributed by atoms with Crippen molar-refractivity contribution in [1.29, 1.82) is 5.26 Å². The smallest absolute Gasteiger partial charge is 0.167 e. The van der Waals surface area contributed by atoms with E-state index in [9.17, 15) is 0 Å². The van der Waals surface area contributed by atoms with Gasteiger partial charge in [0.15, 0.2) is 11.5 Å². The van der Waals surface area contributed by atoms with Gasteiger partial charge in [-0.2, -0.15) is 5.26 Å². The molecule has 1 aromatic carbocycles. The SMILES string of the molecule is CCOc1cccc(C=CC#N)c1OC. The molecule has 0 fully saturated rings. The Labute approximate surface area is 89.6 Å². The molecule has 3 heteroatoms. The summed E-state index contributed by atoms with van der Waals surface area (Å²) < 4.78 is 10.6. The lowest BCUT2D eigenvalue weighted by Crippen LogP contribution is -1.96. The molecule has 0 aliphatic rings. The summed E-state index contributed by atoms with van der Waals surface area (Å²) >= 11 is 0. The summed E-state index contributed by atoms with van der Waals surface area (Å²) in [4.78, 5) is 0. The Morgan fingerprint density at radius 3 is 2.87 bits per heavy atom. The highest BCUT2D eigenvalue weighted by atomic mass is 16.5. The largest absolute Gasteiger partial charge is 0.492 e. The van der Waals surface area contributed by atoms with Crippen LogP contribution in [0.15, 0.2) is 24.3 Å². The zero-order chi connectivity index (χ0) is 11.1. The molecule has 78 valence electrons. The highest BCUT2D eigenvalue weighted by Gasteiger charge is 2.06. The minimum Gasteiger partial charge on any atom is -0.492 e. The first-order valence-corrected chi connectivity index (χ1v) is 4.69. The minimum absolute atomic E-state index is 0.585. The van der Waals surface area contributed by atoms with E-state index >= 15 is 0 Å². The van der Waals surface area contributed by atoms with E-state index in [1.165, 1.54) is 6.08 Å². The highest BCUT2D eigenvalue weighted by Crippen LogP contribution is 2.31. The van der Waals surface area contributed by atoms with Gasteiger partial charge in [-0.1, -0.05) is 12.1 Å². The van der Waals surface area contributed by atoms with Gasteiger partial charge < -0.3 is 9.47 Å². The van der Waals surface area contributed by atoms with Crippen molar-refractivity contribution in [3.8, 4) is 17.6 Å². The van der Waals surface area contributed by atoms with Crippen LogP contribution in [0.3, 0.4) is 0 Å². The van der Waals surface area contributed by atoms with Gasteiger partial charge >= 0.3 is 0 Å². The van der Waals surface area contributed by atoms with Crippen molar-refractivity contribution < 1.29 is 9.47 Å². The summed E-state index contributed by atoms with van der Waals surface area (Å²) in [6.07, 6.45) is 3.11. The summed E-state index contributed by atoms with van der Waals surface area (Å²) in [6.45, 7) is 2.50. The fourth-order valence-electron chi connectivity index (χ4n) is 1.28. The molecular weight excluding hydrogens is 190 g/mol. The molecule has 0 radical (unpaired) electrons. The molecule has 0 bridgehead atoms. The minimum atomic E-state index is 0.585. The van der Waals surface area contributed by atoms with E-state index in [1.807, 2.05) is 31.2 Å². The normalized spacial score (nSPS) is 9.93. The maximum absolute atomic E-state index is 8.45. The van der Waals surface area contributed by atoms with Gasteiger partial charge in [-0.05, 0) is 19.1 Å². The van der Waals surface area contributed by atoms with Crippen LogP contribution in [0.1, 0.15) is 12.5 Å². The number of ether oxygens (including phenoxy) is 2. The summed E-state index contributed by atoms with van der Waals surface area (Å²) in [7, 11) is 1.58. The average molecular weight is 203 g/mol. The van der Waals surface area contributed by atoms with Crippen LogP contribution in [0.5, 0.6) is 11.5 Å². The fourth-order valence-corrected chi connectivity index (χ4v) is 1.28. The third-order valence-electron chi connectivity index (χ3n) is 1.85. The van der Waals surface area contributed by atoms with Crippen LogP contribution < -0.4 is 9.47 Å².